The number of carbonyl (C=O) groups excluding carboxylic acids is 1. The van der Waals surface area contributed by atoms with Gasteiger partial charge in [-0.1, -0.05) is 12.1 Å². The maximum absolute atomic E-state index is 14.5. The zero-order chi connectivity index (χ0) is 22.5. The number of hydrogen-bond acceptors (Lipinski definition) is 5. The maximum atomic E-state index is 14.5. The minimum atomic E-state index is -3.29. The van der Waals surface area contributed by atoms with Gasteiger partial charge >= 0.3 is 0 Å². The Kier molecular flexibility index (Phi) is 4.87. The molecule has 1 aromatic carbocycles. The van der Waals surface area contributed by atoms with Crippen LogP contribution in [0.25, 0.3) is 11.0 Å². The van der Waals surface area contributed by atoms with Gasteiger partial charge in [0.15, 0.2) is 5.75 Å². The highest BCUT2D eigenvalue weighted by Gasteiger charge is 2.37. The molecule has 162 valence electrons. The van der Waals surface area contributed by atoms with Crippen LogP contribution in [0.5, 0.6) is 5.75 Å². The molecule has 1 aliphatic heterocycles. The topological polar surface area (TPSA) is 87.5 Å². The van der Waals surface area contributed by atoms with E-state index in [0.717, 1.165) is 9.47 Å². The summed E-state index contributed by atoms with van der Waals surface area (Å²) in [5, 5.41) is 13.3. The van der Waals surface area contributed by atoms with Gasteiger partial charge in [-0.05, 0) is 17.7 Å². The molecule has 0 fully saturated rings. The van der Waals surface area contributed by atoms with Crippen LogP contribution >= 0.6 is 0 Å². The van der Waals surface area contributed by atoms with E-state index in [0.29, 0.717) is 11.1 Å². The second-order valence-corrected chi connectivity index (χ2v) is 7.68. The number of nitrogens with zero attached hydrogens (tertiary/aromatic N) is 3. The molecule has 1 aliphatic rings. The lowest BCUT2D eigenvalue weighted by Gasteiger charge is -2.18. The van der Waals surface area contributed by atoms with Crippen LogP contribution in [0.1, 0.15) is 21.5 Å². The molecular weight excluding hydrogens is 413 g/mol. The van der Waals surface area contributed by atoms with E-state index in [9.17, 15) is 27.9 Å². The summed E-state index contributed by atoms with van der Waals surface area (Å²) < 4.78 is 43.0. The van der Waals surface area contributed by atoms with Crippen LogP contribution in [0.4, 0.5) is 18.9 Å². The number of amides is 1. The van der Waals surface area contributed by atoms with Gasteiger partial charge in [0.2, 0.25) is 0 Å². The molecular formula is C21H19F3N4O3. The first-order valence-electron chi connectivity index (χ1n) is 9.44. The summed E-state index contributed by atoms with van der Waals surface area (Å²) in [6, 6.07) is 5.68. The number of aromatic hydroxyl groups is 1. The summed E-state index contributed by atoms with van der Waals surface area (Å²) >= 11 is 0. The first-order valence-corrected chi connectivity index (χ1v) is 9.44. The quantitative estimate of drug-likeness (QED) is 0.665. The summed E-state index contributed by atoms with van der Waals surface area (Å²) in [7, 11) is 2.77. The summed E-state index contributed by atoms with van der Waals surface area (Å²) in [5.74, 6) is -5.17. The van der Waals surface area contributed by atoms with Gasteiger partial charge in [-0.3, -0.25) is 19.1 Å². The fraction of sp³-hybridized carbons (Fsp3) is 0.286. The lowest BCUT2D eigenvalue weighted by molar-refractivity contribution is -0.000958. The van der Waals surface area contributed by atoms with Gasteiger partial charge in [0, 0.05) is 32.3 Å². The smallest absolute Gasteiger partial charge is 0.282 e. The molecule has 3 heterocycles. The van der Waals surface area contributed by atoms with E-state index < -0.39 is 47.6 Å². The fourth-order valence-electron chi connectivity index (χ4n) is 3.66. The number of benzene rings is 1. The van der Waals surface area contributed by atoms with Crippen molar-refractivity contribution in [2.24, 2.45) is 0 Å². The van der Waals surface area contributed by atoms with E-state index >= 15 is 0 Å². The lowest BCUT2D eigenvalue weighted by atomic mass is 10.0. The first-order chi connectivity index (χ1) is 14.6. The normalized spacial score (nSPS) is 14.7. The van der Waals surface area contributed by atoms with Gasteiger partial charge in [0.1, 0.15) is 16.9 Å². The summed E-state index contributed by atoms with van der Waals surface area (Å²) in [6.07, 6.45) is 1.61. The Bertz CT molecular complexity index is 1250. The Balaban J connectivity index is 2.00. The monoisotopic (exact) mass is 432 g/mol. The third-order valence-corrected chi connectivity index (χ3v) is 5.16. The van der Waals surface area contributed by atoms with Gasteiger partial charge in [-0.25, -0.2) is 13.2 Å². The van der Waals surface area contributed by atoms with Crippen molar-refractivity contribution < 1.29 is 23.1 Å². The molecule has 1 amide bonds. The molecule has 2 N–H and O–H groups in total. The van der Waals surface area contributed by atoms with Crippen molar-refractivity contribution in [3.8, 4) is 5.75 Å². The highest BCUT2D eigenvalue weighted by Crippen LogP contribution is 2.36. The number of anilines is 1. The molecule has 0 atom stereocenters. The number of nitrogens with one attached hydrogen (secondary N) is 1. The van der Waals surface area contributed by atoms with Gasteiger partial charge < -0.3 is 15.3 Å². The van der Waals surface area contributed by atoms with Crippen molar-refractivity contribution in [1.82, 2.24) is 14.5 Å². The number of carbonyl (C=O) groups is 1. The molecule has 2 aromatic heterocycles. The van der Waals surface area contributed by atoms with E-state index in [1.807, 2.05) is 0 Å². The van der Waals surface area contributed by atoms with Crippen LogP contribution in [0.2, 0.25) is 0 Å². The highest BCUT2D eigenvalue weighted by molar-refractivity contribution is 6.03. The zero-order valence-corrected chi connectivity index (χ0v) is 16.7. The molecule has 4 rings (SSSR count). The van der Waals surface area contributed by atoms with E-state index in [1.165, 1.54) is 32.4 Å². The number of halogens is 3. The largest absolute Gasteiger partial charge is 0.505 e. The van der Waals surface area contributed by atoms with Crippen molar-refractivity contribution in [3.63, 3.8) is 0 Å². The molecule has 0 aliphatic carbocycles. The Morgan fingerprint density at radius 1 is 1.29 bits per heavy atom. The minimum absolute atomic E-state index is 0.00501. The Labute approximate surface area is 174 Å². The van der Waals surface area contributed by atoms with Crippen LogP contribution in [-0.2, 0) is 13.0 Å². The van der Waals surface area contributed by atoms with Crippen LogP contribution in [0.15, 0.2) is 35.3 Å². The standard InChI is InChI=1S/C21H19F3N4O3/c1-27(2)19(30)14-18(29)16-17-15(26-9-21(23,24)10-28(17)20(14)31)12(8-25-16)7-11-3-5-13(22)6-4-11/h3-6,8,26,29H,7,9-10H2,1-2H3. The number of aromatic nitrogens is 2. The average Bonchev–Trinajstić information content (AvgIpc) is 2.85. The van der Waals surface area contributed by atoms with Crippen LogP contribution in [-0.4, -0.2) is 52.0 Å². The summed E-state index contributed by atoms with van der Waals surface area (Å²) in [4.78, 5) is 30.8. The predicted octanol–water partition coefficient (Wildman–Crippen LogP) is 2.59. The fourth-order valence-corrected chi connectivity index (χ4v) is 3.66. The summed E-state index contributed by atoms with van der Waals surface area (Å²) in [6.45, 7) is -1.72. The molecule has 0 saturated heterocycles. The second-order valence-electron chi connectivity index (χ2n) is 7.68. The van der Waals surface area contributed by atoms with E-state index in [1.54, 1.807) is 12.1 Å². The SMILES string of the molecule is CN(C)C(=O)c1c(O)c2ncc(Cc3ccc(F)cc3)c3c2n(c1=O)CC(F)(F)CN3. The number of hydrogen-bond donors (Lipinski definition) is 2. The molecule has 31 heavy (non-hydrogen) atoms. The van der Waals surface area contributed by atoms with Crippen LogP contribution in [0.3, 0.4) is 0 Å². The van der Waals surface area contributed by atoms with Crippen molar-refractivity contribution in [2.45, 2.75) is 18.9 Å². The number of rotatable bonds is 3. The van der Waals surface area contributed by atoms with Gasteiger partial charge in [0.25, 0.3) is 17.4 Å². The van der Waals surface area contributed by atoms with Gasteiger partial charge in [0.05, 0.1) is 24.3 Å². The lowest BCUT2D eigenvalue weighted by Crippen LogP contribution is -2.37. The molecule has 0 saturated carbocycles. The van der Waals surface area contributed by atoms with E-state index in [4.69, 9.17) is 0 Å². The number of alkyl halides is 2. The molecule has 0 spiro atoms. The number of pyridine rings is 2. The van der Waals surface area contributed by atoms with Crippen LogP contribution < -0.4 is 10.9 Å². The third kappa shape index (κ3) is 3.58. The predicted molar refractivity (Wildman–Crippen MR) is 108 cm³/mol. The van der Waals surface area contributed by atoms with Crippen molar-refractivity contribution in [3.05, 3.63) is 63.3 Å². The maximum Gasteiger partial charge on any atom is 0.282 e. The van der Waals surface area contributed by atoms with Gasteiger partial charge in [-0.15, -0.1) is 0 Å². The van der Waals surface area contributed by atoms with Crippen molar-refractivity contribution in [2.75, 3.05) is 26.0 Å². The third-order valence-electron chi connectivity index (χ3n) is 5.16. The van der Waals surface area contributed by atoms with Gasteiger partial charge in [-0.2, -0.15) is 0 Å². The van der Waals surface area contributed by atoms with Crippen LogP contribution in [0, 0.1) is 5.82 Å². The Hall–Kier alpha value is -3.56. The van der Waals surface area contributed by atoms with E-state index in [2.05, 4.69) is 10.3 Å². The average molecular weight is 432 g/mol. The molecule has 0 radical (unpaired) electrons. The van der Waals surface area contributed by atoms with E-state index in [-0.39, 0.29) is 23.1 Å². The Morgan fingerprint density at radius 3 is 2.61 bits per heavy atom. The minimum Gasteiger partial charge on any atom is -0.505 e. The summed E-state index contributed by atoms with van der Waals surface area (Å²) in [5.41, 5.74) is -0.371. The first kappa shape index (κ1) is 20.7. The molecule has 3 aromatic rings. The molecule has 0 unspecified atom stereocenters. The van der Waals surface area contributed by atoms with Crippen molar-refractivity contribution in [1.29, 1.82) is 0 Å². The zero-order valence-electron chi connectivity index (χ0n) is 16.7. The molecule has 0 bridgehead atoms. The second kappa shape index (κ2) is 7.29. The van der Waals surface area contributed by atoms with Crippen molar-refractivity contribution >= 4 is 22.6 Å². The molecule has 10 heteroatoms. The highest BCUT2D eigenvalue weighted by atomic mass is 19.3. The Morgan fingerprint density at radius 2 is 1.97 bits per heavy atom. The molecule has 7 nitrogen and oxygen atoms in total.